The molecule has 0 N–H and O–H groups in total. The summed E-state index contributed by atoms with van der Waals surface area (Å²) >= 11 is 12.9. The van der Waals surface area contributed by atoms with Crippen LogP contribution in [0, 0.1) is 0 Å². The molecular formula is C14H9Br2Cl. The minimum atomic E-state index is 0.724. The quantitative estimate of drug-likeness (QED) is 0.564. The second kappa shape index (κ2) is 5.85. The van der Waals surface area contributed by atoms with Crippen molar-refractivity contribution in [1.29, 1.82) is 0 Å². The van der Waals surface area contributed by atoms with Crippen LogP contribution in [0.2, 0.25) is 5.02 Å². The first-order valence-electron chi connectivity index (χ1n) is 5.04. The molecule has 0 aliphatic rings. The van der Waals surface area contributed by atoms with Crippen LogP contribution in [-0.4, -0.2) is 0 Å². The molecule has 0 amide bonds. The van der Waals surface area contributed by atoms with Crippen molar-refractivity contribution in [3.63, 3.8) is 0 Å². The van der Waals surface area contributed by atoms with Gasteiger partial charge in [0, 0.05) is 8.95 Å². The van der Waals surface area contributed by atoms with Crippen LogP contribution in [-0.2, 0) is 0 Å². The number of hydrogen-bond acceptors (Lipinski definition) is 0. The van der Waals surface area contributed by atoms with Crippen molar-refractivity contribution in [2.24, 2.45) is 0 Å². The van der Waals surface area contributed by atoms with Crippen molar-refractivity contribution in [2.45, 2.75) is 0 Å². The molecule has 0 heterocycles. The summed E-state index contributed by atoms with van der Waals surface area (Å²) in [6.45, 7) is 0. The average molecular weight is 372 g/mol. The molecular weight excluding hydrogens is 363 g/mol. The summed E-state index contributed by atoms with van der Waals surface area (Å²) in [7, 11) is 0. The van der Waals surface area contributed by atoms with E-state index >= 15 is 0 Å². The number of benzene rings is 2. The van der Waals surface area contributed by atoms with Crippen LogP contribution in [0.1, 0.15) is 11.1 Å². The van der Waals surface area contributed by atoms with Crippen LogP contribution in [0.3, 0.4) is 0 Å². The monoisotopic (exact) mass is 370 g/mol. The van der Waals surface area contributed by atoms with Gasteiger partial charge in [0.15, 0.2) is 0 Å². The summed E-state index contributed by atoms with van der Waals surface area (Å²) in [4.78, 5) is 0. The zero-order valence-corrected chi connectivity index (χ0v) is 12.8. The molecule has 0 aliphatic carbocycles. The van der Waals surface area contributed by atoms with E-state index in [1.165, 1.54) is 0 Å². The highest BCUT2D eigenvalue weighted by atomic mass is 79.9. The van der Waals surface area contributed by atoms with E-state index in [1.54, 1.807) is 0 Å². The lowest BCUT2D eigenvalue weighted by Crippen LogP contribution is -1.75. The van der Waals surface area contributed by atoms with Gasteiger partial charge in [0.2, 0.25) is 0 Å². The molecule has 0 spiro atoms. The zero-order chi connectivity index (χ0) is 12.3. The van der Waals surface area contributed by atoms with E-state index in [2.05, 4.69) is 50.1 Å². The highest BCUT2D eigenvalue weighted by molar-refractivity contribution is 9.10. The maximum absolute atomic E-state index is 6.03. The normalized spacial score (nSPS) is 11.0. The number of hydrogen-bond donors (Lipinski definition) is 0. The molecule has 0 saturated heterocycles. The molecule has 2 rings (SSSR count). The van der Waals surface area contributed by atoms with Crippen LogP contribution in [0.4, 0.5) is 0 Å². The Labute approximate surface area is 123 Å². The van der Waals surface area contributed by atoms with Crippen LogP contribution in [0.25, 0.3) is 12.2 Å². The minimum Gasteiger partial charge on any atom is -0.0831 e. The molecule has 0 bridgehead atoms. The molecule has 0 radical (unpaired) electrons. The van der Waals surface area contributed by atoms with E-state index < -0.39 is 0 Å². The summed E-state index contributed by atoms with van der Waals surface area (Å²) in [6, 6.07) is 14.0. The highest BCUT2D eigenvalue weighted by Crippen LogP contribution is 2.24. The van der Waals surface area contributed by atoms with Crippen LogP contribution in [0.15, 0.2) is 51.4 Å². The molecule has 0 aromatic heterocycles. The van der Waals surface area contributed by atoms with Gasteiger partial charge in [-0.3, -0.25) is 0 Å². The Bertz CT molecular complexity index is 562. The van der Waals surface area contributed by atoms with E-state index in [4.69, 9.17) is 11.6 Å². The summed E-state index contributed by atoms with van der Waals surface area (Å²) in [5, 5.41) is 0.724. The smallest absolute Gasteiger partial charge is 0.0554 e. The van der Waals surface area contributed by atoms with E-state index in [0.29, 0.717) is 0 Å². The fourth-order valence-electron chi connectivity index (χ4n) is 1.42. The maximum Gasteiger partial charge on any atom is 0.0554 e. The van der Waals surface area contributed by atoms with Crippen LogP contribution in [0.5, 0.6) is 0 Å². The van der Waals surface area contributed by atoms with Gasteiger partial charge in [0.25, 0.3) is 0 Å². The lowest BCUT2D eigenvalue weighted by atomic mass is 10.1. The van der Waals surface area contributed by atoms with Gasteiger partial charge in [-0.2, -0.15) is 0 Å². The minimum absolute atomic E-state index is 0.724. The standard InChI is InChI=1S/C14H9Br2Cl/c15-12-3-1-2-10(8-12)4-5-11-6-7-13(16)14(17)9-11/h1-9H. The fraction of sp³-hybridized carbons (Fsp3) is 0. The van der Waals surface area contributed by atoms with Crippen LogP contribution >= 0.6 is 43.5 Å². The lowest BCUT2D eigenvalue weighted by Gasteiger charge is -1.98. The van der Waals surface area contributed by atoms with Gasteiger partial charge in [-0.1, -0.05) is 57.9 Å². The fourth-order valence-corrected chi connectivity index (χ4v) is 2.27. The van der Waals surface area contributed by atoms with Crippen molar-refractivity contribution in [3.05, 3.63) is 67.6 Å². The molecule has 86 valence electrons. The largest absolute Gasteiger partial charge is 0.0831 e. The molecule has 0 aliphatic heterocycles. The first kappa shape index (κ1) is 12.9. The van der Waals surface area contributed by atoms with Gasteiger partial charge in [0.1, 0.15) is 0 Å². The van der Waals surface area contributed by atoms with E-state index in [0.717, 1.165) is 25.1 Å². The number of rotatable bonds is 2. The van der Waals surface area contributed by atoms with Crippen LogP contribution < -0.4 is 0 Å². The predicted octanol–water partition coefficient (Wildman–Crippen LogP) is 6.04. The molecule has 2 aromatic carbocycles. The molecule has 0 fully saturated rings. The Kier molecular flexibility index (Phi) is 4.43. The Balaban J connectivity index is 2.23. The van der Waals surface area contributed by atoms with Gasteiger partial charge in [0.05, 0.1) is 5.02 Å². The third-order valence-electron chi connectivity index (χ3n) is 2.26. The van der Waals surface area contributed by atoms with Crippen molar-refractivity contribution in [1.82, 2.24) is 0 Å². The predicted molar refractivity (Wildman–Crippen MR) is 82.2 cm³/mol. The van der Waals surface area contributed by atoms with E-state index in [1.807, 2.05) is 36.4 Å². The van der Waals surface area contributed by atoms with Crippen molar-refractivity contribution >= 4 is 55.6 Å². The Morgan fingerprint density at radius 2 is 1.59 bits per heavy atom. The van der Waals surface area contributed by atoms with E-state index in [9.17, 15) is 0 Å². The highest BCUT2D eigenvalue weighted by Gasteiger charge is 1.96. The van der Waals surface area contributed by atoms with Gasteiger partial charge in [-0.15, -0.1) is 0 Å². The van der Waals surface area contributed by atoms with E-state index in [-0.39, 0.29) is 0 Å². The molecule has 17 heavy (non-hydrogen) atoms. The maximum atomic E-state index is 6.03. The second-order valence-corrected chi connectivity index (χ2v) is 5.74. The van der Waals surface area contributed by atoms with Crippen molar-refractivity contribution in [2.75, 3.05) is 0 Å². The second-order valence-electron chi connectivity index (χ2n) is 3.56. The topological polar surface area (TPSA) is 0 Å². The molecule has 0 unspecified atom stereocenters. The Morgan fingerprint density at radius 3 is 2.24 bits per heavy atom. The van der Waals surface area contributed by atoms with Crippen molar-refractivity contribution < 1.29 is 0 Å². The first-order valence-corrected chi connectivity index (χ1v) is 7.00. The number of halogens is 3. The molecule has 2 aromatic rings. The van der Waals surface area contributed by atoms with Gasteiger partial charge in [-0.05, 0) is 51.3 Å². The summed E-state index contributed by atoms with van der Waals surface area (Å²) in [5.41, 5.74) is 2.23. The Morgan fingerprint density at radius 1 is 0.882 bits per heavy atom. The van der Waals surface area contributed by atoms with Gasteiger partial charge in [-0.25, -0.2) is 0 Å². The lowest BCUT2D eigenvalue weighted by molar-refractivity contribution is 1.60. The zero-order valence-electron chi connectivity index (χ0n) is 8.83. The molecule has 0 saturated carbocycles. The van der Waals surface area contributed by atoms with Gasteiger partial charge < -0.3 is 0 Å². The Hall–Kier alpha value is -0.570. The first-order chi connectivity index (χ1) is 8.15. The third kappa shape index (κ3) is 3.70. The van der Waals surface area contributed by atoms with Crippen molar-refractivity contribution in [3.8, 4) is 0 Å². The summed E-state index contributed by atoms with van der Waals surface area (Å²) in [5.74, 6) is 0. The molecule has 0 nitrogen and oxygen atoms in total. The summed E-state index contributed by atoms with van der Waals surface area (Å²) < 4.78 is 1.99. The third-order valence-corrected chi connectivity index (χ3v) is 3.99. The molecule has 0 atom stereocenters. The summed E-state index contributed by atoms with van der Waals surface area (Å²) in [6.07, 6.45) is 4.10. The average Bonchev–Trinajstić information content (AvgIpc) is 2.31. The molecule has 3 heteroatoms. The SMILES string of the molecule is Clc1cc(C=Cc2cccc(Br)c2)ccc1Br. The van der Waals surface area contributed by atoms with Gasteiger partial charge >= 0.3 is 0 Å².